The van der Waals surface area contributed by atoms with Crippen molar-refractivity contribution in [2.45, 2.75) is 44.7 Å². The summed E-state index contributed by atoms with van der Waals surface area (Å²) >= 11 is 0. The zero-order chi connectivity index (χ0) is 25.8. The molecule has 3 aromatic rings. The van der Waals surface area contributed by atoms with E-state index in [1.54, 1.807) is 12.1 Å². The Bertz CT molecular complexity index is 1110. The second kappa shape index (κ2) is 13.7. The van der Waals surface area contributed by atoms with Crippen molar-refractivity contribution in [3.63, 3.8) is 0 Å². The molecule has 0 saturated carbocycles. The van der Waals surface area contributed by atoms with Crippen LogP contribution in [0.15, 0.2) is 91.0 Å². The molecule has 8 nitrogen and oxygen atoms in total. The molecule has 0 unspecified atom stereocenters. The molecule has 0 fully saturated rings. The molecule has 0 aliphatic carbocycles. The first-order chi connectivity index (χ1) is 17.4. The molecular formula is C28H30N2O6. The molecule has 0 aliphatic heterocycles. The molecule has 3 rings (SSSR count). The van der Waals surface area contributed by atoms with Gasteiger partial charge in [-0.1, -0.05) is 91.0 Å². The number of carbonyl (C=O) groups is 3. The third-order valence-electron chi connectivity index (χ3n) is 5.36. The Labute approximate surface area is 210 Å². The summed E-state index contributed by atoms with van der Waals surface area (Å²) in [6.45, 7) is 1.41. The molecule has 3 aromatic carbocycles. The van der Waals surface area contributed by atoms with Crippen LogP contribution in [0.5, 0.6) is 0 Å². The maximum absolute atomic E-state index is 13.0. The van der Waals surface area contributed by atoms with Crippen LogP contribution in [0.3, 0.4) is 0 Å². The van der Waals surface area contributed by atoms with Crippen LogP contribution >= 0.6 is 0 Å². The number of alkyl carbamates (subject to hydrolysis) is 1. The van der Waals surface area contributed by atoms with Crippen LogP contribution in [-0.4, -0.2) is 41.3 Å². The van der Waals surface area contributed by atoms with E-state index in [0.29, 0.717) is 0 Å². The molecule has 8 heteroatoms. The van der Waals surface area contributed by atoms with Crippen LogP contribution in [-0.2, 0) is 38.7 Å². The number of benzene rings is 3. The molecule has 2 amide bonds. The zero-order valence-electron chi connectivity index (χ0n) is 20.0. The van der Waals surface area contributed by atoms with E-state index in [1.807, 2.05) is 78.9 Å². The van der Waals surface area contributed by atoms with E-state index in [1.165, 1.54) is 6.92 Å². The second-order valence-electron chi connectivity index (χ2n) is 8.27. The summed E-state index contributed by atoms with van der Waals surface area (Å²) in [6, 6.07) is 25.0. The van der Waals surface area contributed by atoms with Gasteiger partial charge in [0.05, 0.1) is 6.10 Å². The third-order valence-corrected chi connectivity index (χ3v) is 5.36. The molecular weight excluding hydrogens is 460 g/mol. The number of aliphatic hydroxyl groups is 1. The average Bonchev–Trinajstić information content (AvgIpc) is 2.90. The first-order valence-electron chi connectivity index (χ1n) is 11.6. The van der Waals surface area contributed by atoms with Gasteiger partial charge in [-0.2, -0.15) is 0 Å². The van der Waals surface area contributed by atoms with Crippen molar-refractivity contribution in [3.8, 4) is 0 Å². The Morgan fingerprint density at radius 3 is 1.69 bits per heavy atom. The van der Waals surface area contributed by atoms with Crippen LogP contribution in [0.1, 0.15) is 23.6 Å². The van der Waals surface area contributed by atoms with Crippen molar-refractivity contribution in [2.75, 3.05) is 0 Å². The largest absolute Gasteiger partial charge is 0.459 e. The minimum Gasteiger partial charge on any atom is -0.459 e. The van der Waals surface area contributed by atoms with Crippen LogP contribution < -0.4 is 10.6 Å². The van der Waals surface area contributed by atoms with E-state index in [4.69, 9.17) is 9.47 Å². The fourth-order valence-electron chi connectivity index (χ4n) is 3.43. The first-order valence-corrected chi connectivity index (χ1v) is 11.6. The highest BCUT2D eigenvalue weighted by Gasteiger charge is 2.31. The maximum Gasteiger partial charge on any atom is 0.408 e. The van der Waals surface area contributed by atoms with Crippen LogP contribution in [0, 0.1) is 0 Å². The number of rotatable bonds is 11. The number of hydrogen-bond acceptors (Lipinski definition) is 6. The van der Waals surface area contributed by atoms with Crippen molar-refractivity contribution in [1.29, 1.82) is 0 Å². The normalized spacial score (nSPS) is 13.1. The van der Waals surface area contributed by atoms with E-state index < -0.39 is 36.2 Å². The number of aliphatic hydroxyl groups excluding tert-OH is 1. The van der Waals surface area contributed by atoms with Gasteiger partial charge in [0.2, 0.25) is 5.91 Å². The van der Waals surface area contributed by atoms with Crippen molar-refractivity contribution in [3.05, 3.63) is 108 Å². The topological polar surface area (TPSA) is 114 Å². The van der Waals surface area contributed by atoms with Gasteiger partial charge in [0.25, 0.3) is 0 Å². The lowest BCUT2D eigenvalue weighted by Gasteiger charge is -2.24. The fourth-order valence-corrected chi connectivity index (χ4v) is 3.43. The number of ether oxygens (including phenoxy) is 2. The van der Waals surface area contributed by atoms with Crippen molar-refractivity contribution in [2.24, 2.45) is 0 Å². The van der Waals surface area contributed by atoms with Crippen molar-refractivity contribution >= 4 is 18.0 Å². The van der Waals surface area contributed by atoms with Gasteiger partial charge in [0.1, 0.15) is 25.3 Å². The monoisotopic (exact) mass is 490 g/mol. The minimum atomic E-state index is -1.34. The summed E-state index contributed by atoms with van der Waals surface area (Å²) in [5.41, 5.74) is 2.39. The van der Waals surface area contributed by atoms with Gasteiger partial charge in [0.15, 0.2) is 0 Å². The molecule has 0 saturated heterocycles. The summed E-state index contributed by atoms with van der Waals surface area (Å²) in [6.07, 6.45) is -1.94. The molecule has 36 heavy (non-hydrogen) atoms. The summed E-state index contributed by atoms with van der Waals surface area (Å²) < 4.78 is 10.6. The lowest BCUT2D eigenvalue weighted by Crippen LogP contribution is -2.56. The van der Waals surface area contributed by atoms with E-state index >= 15 is 0 Å². The zero-order valence-corrected chi connectivity index (χ0v) is 20.0. The number of carbonyl (C=O) groups excluding carboxylic acids is 3. The molecule has 3 N–H and O–H groups in total. The SMILES string of the molecule is C[C@H](O)[C@H](NC(=O)OCc1ccccc1)C(=O)N[C@H](Cc1ccccc1)C(=O)OCc1ccccc1. The molecule has 0 heterocycles. The number of hydrogen-bond donors (Lipinski definition) is 3. The average molecular weight is 491 g/mol. The highest BCUT2D eigenvalue weighted by molar-refractivity contribution is 5.90. The Kier molecular flexibility index (Phi) is 10.0. The molecule has 0 aliphatic rings. The third kappa shape index (κ3) is 8.56. The number of amides is 2. The lowest BCUT2D eigenvalue weighted by atomic mass is 10.0. The Morgan fingerprint density at radius 2 is 1.19 bits per heavy atom. The summed E-state index contributed by atoms with van der Waals surface area (Å²) in [5.74, 6) is -1.37. The maximum atomic E-state index is 13.0. The summed E-state index contributed by atoms with van der Waals surface area (Å²) in [7, 11) is 0. The van der Waals surface area contributed by atoms with Gasteiger partial charge in [-0.3, -0.25) is 4.79 Å². The molecule has 3 atom stereocenters. The van der Waals surface area contributed by atoms with Gasteiger partial charge in [-0.05, 0) is 23.6 Å². The first kappa shape index (κ1) is 26.4. The predicted octanol–water partition coefficient (Wildman–Crippen LogP) is 3.13. The van der Waals surface area contributed by atoms with Crippen molar-refractivity contribution < 1.29 is 29.0 Å². The van der Waals surface area contributed by atoms with Crippen LogP contribution in [0.4, 0.5) is 4.79 Å². The predicted molar refractivity (Wildman–Crippen MR) is 134 cm³/mol. The quantitative estimate of drug-likeness (QED) is 0.356. The Balaban J connectivity index is 1.64. The van der Waals surface area contributed by atoms with Crippen LogP contribution in [0.25, 0.3) is 0 Å². The van der Waals surface area contributed by atoms with Gasteiger partial charge < -0.3 is 25.2 Å². The summed E-state index contributed by atoms with van der Waals surface area (Å²) in [5, 5.41) is 15.2. The van der Waals surface area contributed by atoms with Gasteiger partial charge in [-0.15, -0.1) is 0 Å². The van der Waals surface area contributed by atoms with Gasteiger partial charge in [0, 0.05) is 6.42 Å². The van der Waals surface area contributed by atoms with Gasteiger partial charge in [-0.25, -0.2) is 9.59 Å². The standard InChI is InChI=1S/C28H30N2O6/c1-20(31)25(30-28(34)36-19-23-15-9-4-10-16-23)26(32)29-24(17-21-11-5-2-6-12-21)27(33)35-18-22-13-7-3-8-14-22/h2-16,20,24-25,31H,17-19H2,1H3,(H,29,32)(H,30,34)/t20-,24+,25-/m0/s1. The van der Waals surface area contributed by atoms with Crippen LogP contribution in [0.2, 0.25) is 0 Å². The van der Waals surface area contributed by atoms with E-state index in [-0.39, 0.29) is 19.6 Å². The second-order valence-corrected chi connectivity index (χ2v) is 8.27. The molecule has 0 aromatic heterocycles. The molecule has 0 bridgehead atoms. The molecule has 0 radical (unpaired) electrons. The Morgan fingerprint density at radius 1 is 0.722 bits per heavy atom. The number of esters is 1. The van der Waals surface area contributed by atoms with E-state index in [9.17, 15) is 19.5 Å². The van der Waals surface area contributed by atoms with Crippen molar-refractivity contribution in [1.82, 2.24) is 10.6 Å². The van der Waals surface area contributed by atoms with Gasteiger partial charge >= 0.3 is 12.1 Å². The molecule has 188 valence electrons. The Hall–Kier alpha value is -4.17. The lowest BCUT2D eigenvalue weighted by molar-refractivity contribution is -0.149. The smallest absolute Gasteiger partial charge is 0.408 e. The summed E-state index contributed by atoms with van der Waals surface area (Å²) in [4.78, 5) is 38.2. The van der Waals surface area contributed by atoms with E-state index in [2.05, 4.69) is 10.6 Å². The highest BCUT2D eigenvalue weighted by atomic mass is 16.5. The minimum absolute atomic E-state index is 0.00324. The fraction of sp³-hybridized carbons (Fsp3) is 0.250. The highest BCUT2D eigenvalue weighted by Crippen LogP contribution is 2.09. The number of nitrogens with one attached hydrogen (secondary N) is 2. The molecule has 0 spiro atoms. The van der Waals surface area contributed by atoms with E-state index in [0.717, 1.165) is 16.7 Å².